The maximum atomic E-state index is 4.98. The molecule has 0 radical (unpaired) electrons. The molecular weight excluding hydrogens is 390 g/mol. The van der Waals surface area contributed by atoms with Crippen molar-refractivity contribution >= 4 is 22.9 Å². The van der Waals surface area contributed by atoms with E-state index < -0.39 is 0 Å². The minimum Gasteiger partial charge on any atom is -0.331 e. The van der Waals surface area contributed by atoms with Crippen LogP contribution in [0.4, 0.5) is 5.95 Å². The van der Waals surface area contributed by atoms with Crippen LogP contribution in [-0.4, -0.2) is 43.7 Å². The van der Waals surface area contributed by atoms with Crippen molar-refractivity contribution in [3.63, 3.8) is 0 Å². The average molecular weight is 413 g/mol. The molecule has 0 amide bonds. The second kappa shape index (κ2) is 6.83. The SMILES string of the molecule is CC(C)c1ccc([C@@H]2NC3=NCN(n4cnnc4)CN3c3nc4ccccc4n32)cc1. The zero-order valence-corrected chi connectivity index (χ0v) is 17.4. The maximum absolute atomic E-state index is 4.98. The third-order valence-electron chi connectivity index (χ3n) is 5.94. The summed E-state index contributed by atoms with van der Waals surface area (Å²) in [6.45, 7) is 5.53. The summed E-state index contributed by atoms with van der Waals surface area (Å²) in [6.07, 6.45) is 3.28. The zero-order valence-electron chi connectivity index (χ0n) is 17.4. The van der Waals surface area contributed by atoms with E-state index in [1.165, 1.54) is 11.1 Å². The summed E-state index contributed by atoms with van der Waals surface area (Å²) in [4.78, 5) is 11.9. The van der Waals surface area contributed by atoms with E-state index in [2.05, 4.69) is 81.3 Å². The van der Waals surface area contributed by atoms with E-state index in [0.717, 1.165) is 22.9 Å². The Kier molecular flexibility index (Phi) is 3.95. The summed E-state index contributed by atoms with van der Waals surface area (Å²) < 4.78 is 4.11. The topological polar surface area (TPSA) is 79.4 Å². The number of fused-ring (bicyclic) bond motifs is 5. The molecule has 0 bridgehead atoms. The van der Waals surface area contributed by atoms with Crippen LogP contribution >= 0.6 is 0 Å². The number of aromatic nitrogens is 5. The number of guanidine groups is 1. The second-order valence-corrected chi connectivity index (χ2v) is 8.18. The fraction of sp³-hybridized carbons (Fsp3) is 0.273. The van der Waals surface area contributed by atoms with Gasteiger partial charge in [-0.2, -0.15) is 0 Å². The fourth-order valence-corrected chi connectivity index (χ4v) is 4.24. The quantitative estimate of drug-likeness (QED) is 0.556. The minimum absolute atomic E-state index is 0.0833. The minimum atomic E-state index is -0.0833. The van der Waals surface area contributed by atoms with Crippen molar-refractivity contribution in [2.24, 2.45) is 4.99 Å². The van der Waals surface area contributed by atoms with Crippen LogP contribution in [-0.2, 0) is 0 Å². The lowest BCUT2D eigenvalue weighted by Crippen LogP contribution is -2.59. The Hall–Kier alpha value is -3.88. The van der Waals surface area contributed by atoms with Crippen molar-refractivity contribution in [1.82, 2.24) is 29.7 Å². The molecule has 9 nitrogen and oxygen atoms in total. The van der Waals surface area contributed by atoms with Gasteiger partial charge in [0.05, 0.1) is 11.0 Å². The van der Waals surface area contributed by atoms with Gasteiger partial charge >= 0.3 is 0 Å². The lowest BCUT2D eigenvalue weighted by atomic mass is 10.0. The molecule has 1 atom stereocenters. The van der Waals surface area contributed by atoms with Crippen LogP contribution in [0.3, 0.4) is 0 Å². The van der Waals surface area contributed by atoms with Crippen LogP contribution in [0.2, 0.25) is 0 Å². The smallest absolute Gasteiger partial charge is 0.217 e. The Morgan fingerprint density at radius 2 is 1.77 bits per heavy atom. The predicted octanol–water partition coefficient (Wildman–Crippen LogP) is 2.63. The number of nitrogens with zero attached hydrogens (tertiary/aromatic N) is 8. The van der Waals surface area contributed by atoms with Crippen LogP contribution in [0.25, 0.3) is 11.0 Å². The van der Waals surface area contributed by atoms with E-state index in [-0.39, 0.29) is 6.17 Å². The summed E-state index contributed by atoms with van der Waals surface area (Å²) in [5.41, 5.74) is 4.56. The summed E-state index contributed by atoms with van der Waals surface area (Å²) >= 11 is 0. The summed E-state index contributed by atoms with van der Waals surface area (Å²) in [7, 11) is 0. The first-order valence-electron chi connectivity index (χ1n) is 10.4. The molecule has 2 aliphatic heterocycles. The Labute approximate surface area is 179 Å². The highest BCUT2D eigenvalue weighted by Gasteiger charge is 2.36. The van der Waals surface area contributed by atoms with Crippen LogP contribution in [0, 0.1) is 0 Å². The van der Waals surface area contributed by atoms with Crippen molar-refractivity contribution < 1.29 is 0 Å². The molecule has 2 aliphatic rings. The van der Waals surface area contributed by atoms with Crippen LogP contribution in [0.5, 0.6) is 0 Å². The normalized spacial score (nSPS) is 18.0. The monoisotopic (exact) mass is 413 g/mol. The Balaban J connectivity index is 1.47. The Bertz CT molecular complexity index is 1250. The number of imidazole rings is 1. The zero-order chi connectivity index (χ0) is 20.9. The van der Waals surface area contributed by atoms with Crippen molar-refractivity contribution in [3.05, 3.63) is 72.3 Å². The van der Waals surface area contributed by atoms with Crippen LogP contribution < -0.4 is 15.2 Å². The fourth-order valence-electron chi connectivity index (χ4n) is 4.24. The van der Waals surface area contributed by atoms with E-state index in [1.807, 2.05) is 15.8 Å². The number of hydrogen-bond donors (Lipinski definition) is 1. The molecule has 0 spiro atoms. The van der Waals surface area contributed by atoms with Gasteiger partial charge < -0.3 is 5.32 Å². The predicted molar refractivity (Wildman–Crippen MR) is 119 cm³/mol. The summed E-state index contributed by atoms with van der Waals surface area (Å²) in [6, 6.07) is 17.1. The maximum Gasteiger partial charge on any atom is 0.217 e. The molecule has 2 aromatic heterocycles. The first-order chi connectivity index (χ1) is 15.2. The number of aliphatic imine (C=N–C) groups is 1. The standard InChI is InChI=1S/C22H23N9/c1-15(2)16-7-9-17(10-8-16)20-27-21-23-11-29(28-12-24-25-13-28)14-30(21)22-26-18-5-3-4-6-19(18)31(20)22/h3-10,12-13,15,20H,11,14H2,1-2H3,(H,23,27)/t20-/m1/s1. The number of hydrogen-bond acceptors (Lipinski definition) is 7. The van der Waals surface area contributed by atoms with Crippen molar-refractivity contribution in [1.29, 1.82) is 0 Å². The molecule has 9 heteroatoms. The number of anilines is 1. The Morgan fingerprint density at radius 3 is 2.55 bits per heavy atom. The molecular formula is C22H23N9. The van der Waals surface area contributed by atoms with Crippen LogP contribution in [0.15, 0.2) is 66.2 Å². The molecule has 0 saturated heterocycles. The number of nitrogens with one attached hydrogen (secondary N) is 1. The van der Waals surface area contributed by atoms with Gasteiger partial charge in [-0.25, -0.2) is 14.7 Å². The molecule has 6 rings (SSSR count). The van der Waals surface area contributed by atoms with Gasteiger partial charge in [-0.3, -0.25) is 14.5 Å². The molecule has 0 saturated carbocycles. The highest BCUT2D eigenvalue weighted by atomic mass is 15.7. The molecule has 0 aliphatic carbocycles. The van der Waals surface area contributed by atoms with Crippen molar-refractivity contribution in [2.75, 3.05) is 23.2 Å². The van der Waals surface area contributed by atoms with Gasteiger partial charge in [0, 0.05) is 0 Å². The Morgan fingerprint density at radius 1 is 1.00 bits per heavy atom. The van der Waals surface area contributed by atoms with E-state index in [0.29, 0.717) is 19.3 Å². The van der Waals surface area contributed by atoms with Gasteiger partial charge in [-0.05, 0) is 29.2 Å². The van der Waals surface area contributed by atoms with Gasteiger partial charge in [0.15, 0.2) is 0 Å². The number of rotatable bonds is 3. The largest absolute Gasteiger partial charge is 0.331 e. The number of para-hydroxylation sites is 2. The van der Waals surface area contributed by atoms with E-state index >= 15 is 0 Å². The lowest BCUT2D eigenvalue weighted by molar-refractivity contribution is 0.495. The highest BCUT2D eigenvalue weighted by Crippen LogP contribution is 2.34. The molecule has 0 unspecified atom stereocenters. The average Bonchev–Trinajstić information content (AvgIpc) is 3.47. The van der Waals surface area contributed by atoms with Crippen molar-refractivity contribution in [2.45, 2.75) is 25.9 Å². The lowest BCUT2D eigenvalue weighted by Gasteiger charge is -2.42. The molecule has 4 aromatic rings. The second-order valence-electron chi connectivity index (χ2n) is 8.18. The highest BCUT2D eigenvalue weighted by molar-refractivity contribution is 5.99. The summed E-state index contributed by atoms with van der Waals surface area (Å²) in [5.74, 6) is 2.19. The van der Waals surface area contributed by atoms with Gasteiger partial charge in [0.2, 0.25) is 11.9 Å². The molecule has 4 heterocycles. The number of benzene rings is 2. The third-order valence-corrected chi connectivity index (χ3v) is 5.94. The van der Waals surface area contributed by atoms with E-state index in [4.69, 9.17) is 9.98 Å². The van der Waals surface area contributed by atoms with Gasteiger partial charge in [-0.15, -0.1) is 10.2 Å². The molecule has 0 fully saturated rings. The van der Waals surface area contributed by atoms with Crippen LogP contribution in [0.1, 0.15) is 37.1 Å². The molecule has 156 valence electrons. The molecule has 31 heavy (non-hydrogen) atoms. The summed E-state index contributed by atoms with van der Waals surface area (Å²) in [5, 5.41) is 13.5. The van der Waals surface area contributed by atoms with Gasteiger partial charge in [-0.1, -0.05) is 50.2 Å². The van der Waals surface area contributed by atoms with Gasteiger partial charge in [0.25, 0.3) is 0 Å². The first kappa shape index (κ1) is 17.9. The third kappa shape index (κ3) is 2.84. The molecule has 1 N–H and O–H groups in total. The van der Waals surface area contributed by atoms with E-state index in [1.54, 1.807) is 12.7 Å². The first-order valence-corrected chi connectivity index (χ1v) is 10.4. The van der Waals surface area contributed by atoms with Crippen molar-refractivity contribution in [3.8, 4) is 0 Å². The molecule has 2 aromatic carbocycles. The van der Waals surface area contributed by atoms with Gasteiger partial charge in [0.1, 0.15) is 32.2 Å². The van der Waals surface area contributed by atoms with E-state index in [9.17, 15) is 0 Å².